The maximum Gasteiger partial charge on any atom is 0.223 e. The Morgan fingerprint density at radius 2 is 1.52 bits per heavy atom. The van der Waals surface area contributed by atoms with Gasteiger partial charge in [0.25, 0.3) is 0 Å². The zero-order valence-corrected chi connectivity index (χ0v) is 42.9. The summed E-state index contributed by atoms with van der Waals surface area (Å²) in [7, 11) is 4.05. The second-order valence-electron chi connectivity index (χ2n) is 20.3. The molecule has 1 amide bonds. The summed E-state index contributed by atoms with van der Waals surface area (Å²) < 4.78 is 0. The number of nitrogens with two attached hydrogens (primary N) is 2. The van der Waals surface area contributed by atoms with Gasteiger partial charge in [0.2, 0.25) is 5.91 Å². The maximum atomic E-state index is 13.6. The summed E-state index contributed by atoms with van der Waals surface area (Å²) in [6.07, 6.45) is 26.8. The van der Waals surface area contributed by atoms with Gasteiger partial charge in [-0.25, -0.2) is 0 Å². The molecule has 0 saturated heterocycles. The van der Waals surface area contributed by atoms with Crippen LogP contribution in [0.3, 0.4) is 0 Å². The first-order valence-corrected chi connectivity index (χ1v) is 26.1. The average molecular weight is 913 g/mol. The van der Waals surface area contributed by atoms with Crippen LogP contribution in [0, 0.1) is 46.3 Å². The summed E-state index contributed by atoms with van der Waals surface area (Å²) in [6, 6.07) is 0. The quantitative estimate of drug-likeness (QED) is 0.0481. The number of amides is 1. The smallest absolute Gasteiger partial charge is 0.223 e. The van der Waals surface area contributed by atoms with Gasteiger partial charge in [-0.05, 0) is 162 Å². The number of hydrogen-bond donors (Lipinski definition) is 3. The van der Waals surface area contributed by atoms with E-state index in [1.54, 1.807) is 5.57 Å². The van der Waals surface area contributed by atoms with E-state index in [1.165, 1.54) is 70.6 Å². The van der Waals surface area contributed by atoms with E-state index in [0.29, 0.717) is 28.4 Å². The Labute approximate surface area is 385 Å². The lowest BCUT2D eigenvalue weighted by molar-refractivity contribution is -0.131. The molecule has 0 bridgehead atoms. The number of fused-ring (bicyclic) bond motifs is 5. The van der Waals surface area contributed by atoms with Crippen LogP contribution in [0.2, 0.25) is 0 Å². The topological polar surface area (TPSA) is 84.4 Å². The number of nitrogens with one attached hydrogen (secondary N) is 1. The van der Waals surface area contributed by atoms with E-state index in [1.807, 2.05) is 10.8 Å². The van der Waals surface area contributed by atoms with Crippen molar-refractivity contribution in [2.24, 2.45) is 57.8 Å². The molecule has 0 aromatic carbocycles. The summed E-state index contributed by atoms with van der Waals surface area (Å²) in [4.78, 5) is 15.8. The van der Waals surface area contributed by atoms with Crippen molar-refractivity contribution in [3.63, 3.8) is 0 Å². The first-order valence-electron chi connectivity index (χ1n) is 23.7. The molecule has 0 aromatic rings. The normalized spacial score (nSPS) is 28.6. The Balaban J connectivity index is 0.00000561. The van der Waals surface area contributed by atoms with Crippen molar-refractivity contribution in [2.45, 2.75) is 207 Å². The van der Waals surface area contributed by atoms with Crippen LogP contribution in [0.15, 0.2) is 11.6 Å². The third-order valence-corrected chi connectivity index (χ3v) is 19.6. The molecule has 3 saturated carbocycles. The summed E-state index contributed by atoms with van der Waals surface area (Å²) >= 11 is 0. The third kappa shape index (κ3) is 14.9. The van der Waals surface area contributed by atoms with E-state index in [2.05, 4.69) is 89.4 Å². The summed E-state index contributed by atoms with van der Waals surface area (Å²) in [5.74, 6) is 6.60. The molecule has 3 fully saturated rings. The number of allylic oxidation sites excluding steroid dienone is 2. The Morgan fingerprint density at radius 1 is 0.845 bits per heavy atom. The fourth-order valence-corrected chi connectivity index (χ4v) is 14.7. The maximum absolute atomic E-state index is 13.6. The Kier molecular flexibility index (Phi) is 25.8. The number of rotatable bonds is 25. The molecule has 0 aromatic heterocycles. The summed E-state index contributed by atoms with van der Waals surface area (Å²) in [6.45, 7) is 25.1. The van der Waals surface area contributed by atoms with Crippen LogP contribution in [0.5, 0.6) is 0 Å². The van der Waals surface area contributed by atoms with Crippen molar-refractivity contribution in [3.05, 3.63) is 11.6 Å². The molecule has 5 nitrogen and oxygen atoms in total. The zero-order chi connectivity index (χ0) is 40.3. The molecular weight excluding hydrogens is 819 g/mol. The Bertz CT molecular complexity index is 1200. The van der Waals surface area contributed by atoms with E-state index < -0.39 is 0 Å². The number of halogens is 3. The van der Waals surface area contributed by atoms with E-state index >= 15 is 0 Å². The van der Waals surface area contributed by atoms with Crippen molar-refractivity contribution in [2.75, 3.05) is 31.9 Å². The minimum atomic E-state index is -0.177. The van der Waals surface area contributed by atoms with Gasteiger partial charge in [-0.2, -0.15) is 0 Å². The molecule has 0 spiro atoms. The largest absolute Gasteiger partial charge is 0.343 e. The SMILES string of the molecule is CCC(N)(CC)CCNCCCCN(CCC(N)(CC)CC)C(=O)CCSS[C@H]1CC[C@@]2(C)C(=CC[C@H]3[C@@H]4CC[C@H]([C@H](C)CCCC(C)C)[C@@]4(C)CC[C@@H]32)C1.Cl.Cl.Cl. The highest BCUT2D eigenvalue weighted by Gasteiger charge is 2.59. The Hall–Kier alpha value is 0.660. The molecule has 0 heterocycles. The predicted molar refractivity (Wildman–Crippen MR) is 266 cm³/mol. The number of nitrogens with zero attached hydrogens (tertiary/aromatic N) is 1. The van der Waals surface area contributed by atoms with Crippen molar-refractivity contribution in [1.82, 2.24) is 10.2 Å². The summed E-state index contributed by atoms with van der Waals surface area (Å²) in [5, 5.41) is 4.29. The number of unbranched alkanes of at least 4 members (excludes halogenated alkanes) is 1. The molecule has 10 heteroatoms. The molecule has 5 N–H and O–H groups in total. The second-order valence-corrected chi connectivity index (χ2v) is 23.1. The van der Waals surface area contributed by atoms with Crippen LogP contribution in [0.1, 0.15) is 191 Å². The standard InChI is InChI=1S/C48H90N4OS2.3ClH/c1-10-47(49,11-2)28-31-51-30-14-15-32-52(33-29-48(50,12-3)13-4)44(53)25-34-54-55-39-23-26-45(8)38(35-39)19-20-40-42-22-21-41(37(7)18-16-17-36(5)6)46(42,9)27-24-43(40)45;;;/h19,36-37,39-43,51H,10-18,20-35,49-50H2,1-9H3;3*1H/t37-,39+,40+,41-,42+,43+,45+,46-;;;/m1.../s1. The van der Waals surface area contributed by atoms with E-state index in [9.17, 15) is 4.79 Å². The summed E-state index contributed by atoms with van der Waals surface area (Å²) in [5.41, 5.74) is 15.7. The molecule has 344 valence electrons. The second kappa shape index (κ2) is 26.4. The van der Waals surface area contributed by atoms with Crippen molar-refractivity contribution in [1.29, 1.82) is 0 Å². The minimum Gasteiger partial charge on any atom is -0.343 e. The lowest BCUT2D eigenvalue weighted by Crippen LogP contribution is -2.50. The van der Waals surface area contributed by atoms with E-state index in [-0.39, 0.29) is 48.3 Å². The molecule has 8 atom stereocenters. The molecule has 58 heavy (non-hydrogen) atoms. The van der Waals surface area contributed by atoms with Crippen molar-refractivity contribution < 1.29 is 4.79 Å². The van der Waals surface area contributed by atoms with Gasteiger partial charge in [-0.1, -0.05) is 115 Å². The fraction of sp³-hybridized carbons (Fsp3) is 0.938. The fourth-order valence-electron chi connectivity index (χ4n) is 12.1. The first kappa shape index (κ1) is 56.7. The molecule has 4 aliphatic carbocycles. The number of hydrogen-bond acceptors (Lipinski definition) is 6. The van der Waals surface area contributed by atoms with Crippen LogP contribution < -0.4 is 16.8 Å². The van der Waals surface area contributed by atoms with Crippen LogP contribution in [-0.4, -0.2) is 59.1 Å². The molecule has 0 unspecified atom stereocenters. The van der Waals surface area contributed by atoms with Gasteiger partial charge in [0.05, 0.1) is 0 Å². The van der Waals surface area contributed by atoms with Gasteiger partial charge in [0, 0.05) is 41.6 Å². The molecular formula is C48H93Cl3N4OS2. The van der Waals surface area contributed by atoms with Gasteiger partial charge in [-0.3, -0.25) is 4.79 Å². The molecule has 0 radical (unpaired) electrons. The molecule has 4 rings (SSSR count). The zero-order valence-electron chi connectivity index (χ0n) is 38.8. The average Bonchev–Trinajstić information content (AvgIpc) is 3.54. The van der Waals surface area contributed by atoms with Crippen molar-refractivity contribution in [3.8, 4) is 0 Å². The highest BCUT2D eigenvalue weighted by molar-refractivity contribution is 8.76. The monoisotopic (exact) mass is 911 g/mol. The van der Waals surface area contributed by atoms with Crippen molar-refractivity contribution >= 4 is 64.7 Å². The van der Waals surface area contributed by atoms with Gasteiger partial charge in [0.15, 0.2) is 0 Å². The van der Waals surface area contributed by atoms with Gasteiger partial charge >= 0.3 is 0 Å². The first-order chi connectivity index (χ1) is 26.2. The number of carbonyl (C=O) groups is 1. The molecule has 0 aliphatic heterocycles. The predicted octanol–water partition coefficient (Wildman–Crippen LogP) is 13.4. The highest BCUT2D eigenvalue weighted by atomic mass is 35.5. The van der Waals surface area contributed by atoms with Crippen LogP contribution in [0.4, 0.5) is 0 Å². The van der Waals surface area contributed by atoms with Gasteiger partial charge in [-0.15, -0.1) is 37.2 Å². The lowest BCUT2D eigenvalue weighted by atomic mass is 9.47. The third-order valence-electron chi connectivity index (χ3n) is 16.7. The van der Waals surface area contributed by atoms with Gasteiger partial charge < -0.3 is 21.7 Å². The Morgan fingerprint density at radius 3 is 2.17 bits per heavy atom. The van der Waals surface area contributed by atoms with Gasteiger partial charge in [0.1, 0.15) is 0 Å². The van der Waals surface area contributed by atoms with E-state index in [4.69, 9.17) is 11.5 Å². The minimum absolute atomic E-state index is 0. The lowest BCUT2D eigenvalue weighted by Gasteiger charge is -2.58. The highest BCUT2D eigenvalue weighted by Crippen LogP contribution is 2.67. The molecule has 4 aliphatic rings. The van der Waals surface area contributed by atoms with Crippen LogP contribution in [0.25, 0.3) is 0 Å². The van der Waals surface area contributed by atoms with E-state index in [0.717, 1.165) is 119 Å². The van der Waals surface area contributed by atoms with Crippen LogP contribution >= 0.6 is 58.8 Å². The van der Waals surface area contributed by atoms with Crippen LogP contribution in [-0.2, 0) is 4.79 Å². The number of carbonyl (C=O) groups excluding carboxylic acids is 1.